The van der Waals surface area contributed by atoms with E-state index in [-0.39, 0.29) is 5.82 Å². The summed E-state index contributed by atoms with van der Waals surface area (Å²) in [6.07, 6.45) is 0. The van der Waals surface area contributed by atoms with Gasteiger partial charge in [0.05, 0.1) is 0 Å². The Kier molecular flexibility index (Phi) is 4.29. The number of benzene rings is 1. The van der Waals surface area contributed by atoms with Crippen LogP contribution >= 0.6 is 27.5 Å². The van der Waals surface area contributed by atoms with Crippen molar-refractivity contribution in [2.45, 2.75) is 26.3 Å². The normalized spacial score (nSPS) is 10.9. The summed E-state index contributed by atoms with van der Waals surface area (Å²) in [6, 6.07) is 4.63. The molecule has 0 atom stereocenters. The van der Waals surface area contributed by atoms with E-state index in [0.717, 1.165) is 21.0 Å². The summed E-state index contributed by atoms with van der Waals surface area (Å²) in [5.41, 5.74) is 0.858. The monoisotopic (exact) mass is 329 g/mol. The van der Waals surface area contributed by atoms with E-state index in [1.807, 2.05) is 0 Å². The lowest BCUT2D eigenvalue weighted by molar-refractivity contribution is 0.625. The van der Waals surface area contributed by atoms with Gasteiger partial charge in [0, 0.05) is 28.5 Å². The first-order valence-electron chi connectivity index (χ1n) is 5.57. The van der Waals surface area contributed by atoms with Crippen LogP contribution in [-0.4, -0.2) is 9.36 Å². The average Bonchev–Trinajstić information content (AvgIpc) is 2.79. The first-order chi connectivity index (χ1) is 8.56. The van der Waals surface area contributed by atoms with Crippen molar-refractivity contribution in [3.63, 3.8) is 0 Å². The summed E-state index contributed by atoms with van der Waals surface area (Å²) in [4.78, 5) is 4.36. The van der Waals surface area contributed by atoms with Crippen molar-refractivity contribution in [3.05, 3.63) is 39.9 Å². The highest BCUT2D eigenvalue weighted by Gasteiger charge is 2.08. The highest BCUT2D eigenvalue weighted by Crippen LogP contribution is 2.21. The minimum Gasteiger partial charge on any atom is -0.356 e. The number of rotatable bonds is 4. The van der Waals surface area contributed by atoms with Crippen LogP contribution in [0.2, 0.25) is 0 Å². The maximum absolute atomic E-state index is 13.1. The Bertz CT molecular complexity index is 542. The van der Waals surface area contributed by atoms with Crippen LogP contribution in [0.25, 0.3) is 0 Å². The molecular formula is C12H13BrFN3S. The molecule has 0 unspecified atom stereocenters. The van der Waals surface area contributed by atoms with Crippen LogP contribution in [0.1, 0.15) is 31.2 Å². The third-order valence-electron chi connectivity index (χ3n) is 2.40. The van der Waals surface area contributed by atoms with Gasteiger partial charge in [-0.05, 0) is 23.8 Å². The second-order valence-electron chi connectivity index (χ2n) is 4.20. The van der Waals surface area contributed by atoms with E-state index < -0.39 is 0 Å². The van der Waals surface area contributed by atoms with E-state index in [1.165, 1.54) is 23.7 Å². The van der Waals surface area contributed by atoms with Crippen LogP contribution in [0.4, 0.5) is 9.52 Å². The molecule has 6 heteroatoms. The van der Waals surface area contributed by atoms with Gasteiger partial charge in [0.15, 0.2) is 0 Å². The molecule has 1 heterocycles. The predicted octanol–water partition coefficient (Wildman–Crippen LogP) is 4.18. The Morgan fingerprint density at radius 3 is 2.89 bits per heavy atom. The second kappa shape index (κ2) is 5.75. The fraction of sp³-hybridized carbons (Fsp3) is 0.333. The van der Waals surface area contributed by atoms with E-state index in [0.29, 0.717) is 12.5 Å². The molecule has 0 aliphatic carbocycles. The van der Waals surface area contributed by atoms with Crippen LogP contribution < -0.4 is 5.32 Å². The molecule has 0 amide bonds. The molecule has 1 N–H and O–H groups in total. The van der Waals surface area contributed by atoms with Gasteiger partial charge >= 0.3 is 0 Å². The molecular weight excluding hydrogens is 317 g/mol. The number of aromatic nitrogens is 2. The Labute approximate surface area is 118 Å². The number of nitrogens with zero attached hydrogens (tertiary/aromatic N) is 2. The van der Waals surface area contributed by atoms with Crippen molar-refractivity contribution in [1.29, 1.82) is 0 Å². The quantitative estimate of drug-likeness (QED) is 0.914. The predicted molar refractivity (Wildman–Crippen MR) is 75.4 cm³/mol. The molecule has 1 aromatic carbocycles. The number of hydrogen-bond donors (Lipinski definition) is 1. The maximum atomic E-state index is 13.1. The lowest BCUT2D eigenvalue weighted by Crippen LogP contribution is -2.01. The number of halogens is 2. The Balaban J connectivity index is 2.04. The zero-order chi connectivity index (χ0) is 13.1. The Morgan fingerprint density at radius 2 is 2.22 bits per heavy atom. The minimum atomic E-state index is -0.241. The van der Waals surface area contributed by atoms with Crippen molar-refractivity contribution < 1.29 is 4.39 Å². The van der Waals surface area contributed by atoms with Gasteiger partial charge in [-0.25, -0.2) is 9.37 Å². The van der Waals surface area contributed by atoms with Crippen LogP contribution in [0.3, 0.4) is 0 Å². The zero-order valence-corrected chi connectivity index (χ0v) is 12.5. The van der Waals surface area contributed by atoms with E-state index in [9.17, 15) is 4.39 Å². The fourth-order valence-electron chi connectivity index (χ4n) is 1.39. The van der Waals surface area contributed by atoms with Gasteiger partial charge in [-0.3, -0.25) is 0 Å². The molecule has 0 bridgehead atoms. The van der Waals surface area contributed by atoms with Crippen LogP contribution in [0.5, 0.6) is 0 Å². The smallest absolute Gasteiger partial charge is 0.202 e. The zero-order valence-electron chi connectivity index (χ0n) is 10.1. The molecule has 96 valence electrons. The molecule has 1 aromatic heterocycles. The summed E-state index contributed by atoms with van der Waals surface area (Å²) in [7, 11) is 0. The summed E-state index contributed by atoms with van der Waals surface area (Å²) < 4.78 is 18.2. The minimum absolute atomic E-state index is 0.241. The molecule has 0 aliphatic heterocycles. The van der Waals surface area contributed by atoms with Crippen molar-refractivity contribution in [2.24, 2.45) is 0 Å². The first kappa shape index (κ1) is 13.4. The van der Waals surface area contributed by atoms with Crippen LogP contribution in [-0.2, 0) is 6.54 Å². The highest BCUT2D eigenvalue weighted by atomic mass is 79.9. The van der Waals surface area contributed by atoms with Crippen molar-refractivity contribution in [2.75, 3.05) is 5.32 Å². The van der Waals surface area contributed by atoms with Crippen molar-refractivity contribution in [1.82, 2.24) is 9.36 Å². The highest BCUT2D eigenvalue weighted by molar-refractivity contribution is 9.10. The van der Waals surface area contributed by atoms with Gasteiger partial charge in [-0.1, -0.05) is 29.8 Å². The van der Waals surface area contributed by atoms with Gasteiger partial charge in [-0.2, -0.15) is 4.37 Å². The number of anilines is 1. The molecule has 0 aliphatic rings. The van der Waals surface area contributed by atoms with E-state index in [2.05, 4.69) is 44.5 Å². The first-order valence-corrected chi connectivity index (χ1v) is 7.14. The Morgan fingerprint density at radius 1 is 1.44 bits per heavy atom. The molecule has 0 fully saturated rings. The van der Waals surface area contributed by atoms with Crippen molar-refractivity contribution >= 4 is 32.6 Å². The van der Waals surface area contributed by atoms with Crippen molar-refractivity contribution in [3.8, 4) is 0 Å². The molecule has 2 aromatic rings. The van der Waals surface area contributed by atoms with Gasteiger partial charge in [0.2, 0.25) is 5.13 Å². The maximum Gasteiger partial charge on any atom is 0.202 e. The average molecular weight is 330 g/mol. The Hall–Kier alpha value is -1.01. The topological polar surface area (TPSA) is 37.8 Å². The summed E-state index contributed by atoms with van der Waals surface area (Å²) >= 11 is 4.72. The lowest BCUT2D eigenvalue weighted by atomic mass is 10.2. The van der Waals surface area contributed by atoms with E-state index >= 15 is 0 Å². The largest absolute Gasteiger partial charge is 0.356 e. The van der Waals surface area contributed by atoms with Gasteiger partial charge < -0.3 is 5.32 Å². The fourth-order valence-corrected chi connectivity index (χ4v) is 2.48. The SMILES string of the molecule is CC(C)c1nsc(NCc2cc(F)ccc2Br)n1. The third-order valence-corrected chi connectivity index (χ3v) is 3.86. The molecule has 18 heavy (non-hydrogen) atoms. The van der Waals surface area contributed by atoms with Gasteiger partial charge in [0.1, 0.15) is 11.6 Å². The summed E-state index contributed by atoms with van der Waals surface area (Å²) in [5.74, 6) is 0.911. The standard InChI is InChI=1S/C12H13BrFN3S/c1-7(2)11-16-12(18-17-11)15-6-8-5-9(14)3-4-10(8)13/h3-5,7H,6H2,1-2H3,(H,15,16,17). The molecule has 0 saturated carbocycles. The van der Waals surface area contributed by atoms with Gasteiger partial charge in [-0.15, -0.1) is 0 Å². The van der Waals surface area contributed by atoms with Crippen LogP contribution in [0, 0.1) is 5.82 Å². The molecule has 2 rings (SSSR count). The number of hydrogen-bond acceptors (Lipinski definition) is 4. The molecule has 0 saturated heterocycles. The lowest BCUT2D eigenvalue weighted by Gasteiger charge is -2.05. The van der Waals surface area contributed by atoms with Gasteiger partial charge in [0.25, 0.3) is 0 Å². The summed E-state index contributed by atoms with van der Waals surface area (Å²) in [5, 5.41) is 3.91. The molecule has 0 spiro atoms. The molecule has 3 nitrogen and oxygen atoms in total. The number of nitrogens with one attached hydrogen (secondary N) is 1. The van der Waals surface area contributed by atoms with E-state index in [1.54, 1.807) is 6.07 Å². The second-order valence-corrected chi connectivity index (χ2v) is 5.81. The van der Waals surface area contributed by atoms with Crippen LogP contribution in [0.15, 0.2) is 22.7 Å². The van der Waals surface area contributed by atoms with E-state index in [4.69, 9.17) is 0 Å². The summed E-state index contributed by atoms with van der Waals surface area (Å²) in [6.45, 7) is 4.62. The molecule has 0 radical (unpaired) electrons. The third kappa shape index (κ3) is 3.26.